The van der Waals surface area contributed by atoms with Crippen LogP contribution < -0.4 is 11.1 Å². The lowest BCUT2D eigenvalue weighted by Gasteiger charge is -2.15. The lowest BCUT2D eigenvalue weighted by atomic mass is 10.2. The van der Waals surface area contributed by atoms with Crippen molar-refractivity contribution >= 4 is 27.5 Å². The molecule has 7 heteroatoms. The molecule has 3 N–H and O–H groups in total. The van der Waals surface area contributed by atoms with Crippen molar-refractivity contribution in [3.8, 4) is 5.69 Å². The zero-order chi connectivity index (χ0) is 17.6. The van der Waals surface area contributed by atoms with Crippen molar-refractivity contribution in [2.24, 2.45) is 11.7 Å². The first-order valence-corrected chi connectivity index (χ1v) is 9.14. The zero-order valence-electron chi connectivity index (χ0n) is 13.8. The van der Waals surface area contributed by atoms with Crippen LogP contribution in [0.15, 0.2) is 30.3 Å². The van der Waals surface area contributed by atoms with Crippen LogP contribution in [0.1, 0.15) is 28.2 Å². The number of thiophene rings is 1. The maximum Gasteiger partial charge on any atom is 0.261 e. The van der Waals surface area contributed by atoms with Crippen molar-refractivity contribution < 1.29 is 9.18 Å². The predicted molar refractivity (Wildman–Crippen MR) is 96.7 cm³/mol. The van der Waals surface area contributed by atoms with Crippen LogP contribution in [0.2, 0.25) is 0 Å². The number of nitrogens with one attached hydrogen (secondary N) is 1. The van der Waals surface area contributed by atoms with E-state index in [0.717, 1.165) is 34.4 Å². The minimum atomic E-state index is -0.289. The number of amides is 1. The minimum Gasteiger partial charge on any atom is -0.347 e. The summed E-state index contributed by atoms with van der Waals surface area (Å²) in [5.74, 6) is 0.136. The highest BCUT2D eigenvalue weighted by Crippen LogP contribution is 2.33. The third-order valence-electron chi connectivity index (χ3n) is 4.60. The van der Waals surface area contributed by atoms with Crippen LogP contribution in [0.5, 0.6) is 0 Å². The van der Waals surface area contributed by atoms with Gasteiger partial charge in [0.05, 0.1) is 16.3 Å². The van der Waals surface area contributed by atoms with Gasteiger partial charge in [-0.3, -0.25) is 4.79 Å². The molecule has 1 aliphatic rings. The normalized spacial score (nSPS) is 15.5. The number of halogens is 1. The van der Waals surface area contributed by atoms with E-state index in [-0.39, 0.29) is 17.8 Å². The molecule has 5 nitrogen and oxygen atoms in total. The molecule has 0 aliphatic heterocycles. The number of aryl methyl sites for hydroxylation is 1. The molecule has 2 aromatic heterocycles. The molecule has 0 radical (unpaired) electrons. The van der Waals surface area contributed by atoms with Crippen LogP contribution in [0.25, 0.3) is 15.9 Å². The first-order valence-electron chi connectivity index (χ1n) is 8.33. The summed E-state index contributed by atoms with van der Waals surface area (Å²) >= 11 is 1.39. The van der Waals surface area contributed by atoms with Crippen LogP contribution in [-0.4, -0.2) is 28.3 Å². The van der Waals surface area contributed by atoms with E-state index in [2.05, 4.69) is 10.4 Å². The van der Waals surface area contributed by atoms with E-state index in [1.54, 1.807) is 16.8 Å². The Hall–Kier alpha value is -2.25. The van der Waals surface area contributed by atoms with Gasteiger partial charge >= 0.3 is 0 Å². The summed E-state index contributed by atoms with van der Waals surface area (Å²) in [6.07, 6.45) is 2.26. The molecule has 3 aromatic rings. The van der Waals surface area contributed by atoms with E-state index in [4.69, 9.17) is 5.73 Å². The Labute approximate surface area is 148 Å². The summed E-state index contributed by atoms with van der Waals surface area (Å²) in [4.78, 5) is 14.1. The van der Waals surface area contributed by atoms with E-state index < -0.39 is 0 Å². The highest BCUT2D eigenvalue weighted by Gasteiger charge is 2.31. The average molecular weight is 358 g/mol. The van der Waals surface area contributed by atoms with Crippen molar-refractivity contribution in [2.75, 3.05) is 6.54 Å². The fraction of sp³-hybridized carbons (Fsp3) is 0.333. The maximum absolute atomic E-state index is 13.2. The van der Waals surface area contributed by atoms with Crippen molar-refractivity contribution in [3.63, 3.8) is 0 Å². The molecular weight excluding hydrogens is 339 g/mol. The molecule has 4 rings (SSSR count). The zero-order valence-corrected chi connectivity index (χ0v) is 14.6. The van der Waals surface area contributed by atoms with Crippen LogP contribution in [0, 0.1) is 18.7 Å². The number of carbonyl (C=O) groups excluding carboxylic acids is 1. The summed E-state index contributed by atoms with van der Waals surface area (Å²) in [5, 5.41) is 8.51. The molecule has 1 fully saturated rings. The number of rotatable bonds is 5. The fourth-order valence-corrected chi connectivity index (χ4v) is 4.11. The van der Waals surface area contributed by atoms with E-state index in [0.29, 0.717) is 17.3 Å². The second-order valence-electron chi connectivity index (χ2n) is 6.46. The number of aromatic nitrogens is 2. The quantitative estimate of drug-likeness (QED) is 0.736. The van der Waals surface area contributed by atoms with E-state index in [1.165, 1.54) is 23.5 Å². The molecule has 1 amide bonds. The molecule has 1 unspecified atom stereocenters. The smallest absolute Gasteiger partial charge is 0.261 e. The summed E-state index contributed by atoms with van der Waals surface area (Å²) < 4.78 is 14.9. The van der Waals surface area contributed by atoms with Crippen LogP contribution >= 0.6 is 11.3 Å². The number of fused-ring (bicyclic) bond motifs is 1. The summed E-state index contributed by atoms with van der Waals surface area (Å²) in [6.45, 7) is 2.37. The van der Waals surface area contributed by atoms with E-state index in [9.17, 15) is 9.18 Å². The maximum atomic E-state index is 13.2. The Morgan fingerprint density at radius 1 is 1.44 bits per heavy atom. The number of benzene rings is 1. The van der Waals surface area contributed by atoms with Crippen LogP contribution in [-0.2, 0) is 0 Å². The lowest BCUT2D eigenvalue weighted by molar-refractivity contribution is 0.0937. The standard InChI is InChI=1S/C18H19FN4OS/c1-10-14-8-16(17(24)21-15(9-20)11-2-3-11)25-18(14)23(22-10)13-6-4-12(19)5-7-13/h4-8,11,15H,2-3,9,20H2,1H3,(H,21,24). The Balaban J connectivity index is 1.67. The van der Waals surface area contributed by atoms with Gasteiger partial charge in [-0.2, -0.15) is 5.10 Å². The van der Waals surface area contributed by atoms with Gasteiger partial charge in [-0.05, 0) is 56.0 Å². The fourth-order valence-electron chi connectivity index (χ4n) is 3.02. The van der Waals surface area contributed by atoms with Gasteiger partial charge in [0.1, 0.15) is 10.6 Å². The largest absolute Gasteiger partial charge is 0.347 e. The van der Waals surface area contributed by atoms with Crippen molar-refractivity contribution in [2.45, 2.75) is 25.8 Å². The van der Waals surface area contributed by atoms with Gasteiger partial charge in [-0.25, -0.2) is 9.07 Å². The monoisotopic (exact) mass is 358 g/mol. The molecule has 1 aromatic carbocycles. The third kappa shape index (κ3) is 3.05. The van der Waals surface area contributed by atoms with Crippen molar-refractivity contribution in [3.05, 3.63) is 46.7 Å². The number of nitrogens with zero attached hydrogens (tertiary/aromatic N) is 2. The molecular formula is C18H19FN4OS. The van der Waals surface area contributed by atoms with Crippen LogP contribution in [0.4, 0.5) is 4.39 Å². The predicted octanol–water partition coefficient (Wildman–Crippen LogP) is 3.00. The Bertz CT molecular complexity index is 927. The van der Waals surface area contributed by atoms with Gasteiger partial charge in [0.25, 0.3) is 5.91 Å². The highest BCUT2D eigenvalue weighted by molar-refractivity contribution is 7.20. The van der Waals surface area contributed by atoms with Crippen LogP contribution in [0.3, 0.4) is 0 Å². The average Bonchev–Trinajstić information content (AvgIpc) is 3.27. The first kappa shape index (κ1) is 16.2. The van der Waals surface area contributed by atoms with E-state index >= 15 is 0 Å². The number of carbonyl (C=O) groups is 1. The third-order valence-corrected chi connectivity index (χ3v) is 5.71. The number of nitrogens with two attached hydrogens (primary N) is 1. The molecule has 2 heterocycles. The molecule has 0 spiro atoms. The Morgan fingerprint density at radius 2 is 2.16 bits per heavy atom. The van der Waals surface area contributed by atoms with Crippen molar-refractivity contribution in [1.82, 2.24) is 15.1 Å². The van der Waals surface area contributed by atoms with E-state index in [1.807, 2.05) is 13.0 Å². The highest BCUT2D eigenvalue weighted by atomic mass is 32.1. The lowest BCUT2D eigenvalue weighted by Crippen LogP contribution is -2.41. The summed E-state index contributed by atoms with van der Waals surface area (Å²) in [5.41, 5.74) is 7.39. The topological polar surface area (TPSA) is 72.9 Å². The van der Waals surface area contributed by atoms with Crippen molar-refractivity contribution in [1.29, 1.82) is 0 Å². The second-order valence-corrected chi connectivity index (χ2v) is 7.49. The minimum absolute atomic E-state index is 0.0485. The molecule has 1 saturated carbocycles. The molecule has 1 atom stereocenters. The Kier molecular flexibility index (Phi) is 4.05. The van der Waals surface area contributed by atoms with Gasteiger partial charge in [0.2, 0.25) is 0 Å². The van der Waals surface area contributed by atoms with Gasteiger partial charge in [-0.1, -0.05) is 0 Å². The first-order chi connectivity index (χ1) is 12.1. The number of hydrogen-bond acceptors (Lipinski definition) is 4. The molecule has 0 saturated heterocycles. The SMILES string of the molecule is Cc1nn(-c2ccc(F)cc2)c2sc(C(=O)NC(CN)C3CC3)cc12. The van der Waals surface area contributed by atoms with Gasteiger partial charge in [-0.15, -0.1) is 11.3 Å². The summed E-state index contributed by atoms with van der Waals surface area (Å²) in [7, 11) is 0. The summed E-state index contributed by atoms with van der Waals surface area (Å²) in [6, 6.07) is 8.09. The van der Waals surface area contributed by atoms with Gasteiger partial charge < -0.3 is 11.1 Å². The molecule has 130 valence electrons. The van der Waals surface area contributed by atoms with Gasteiger partial charge in [0, 0.05) is 18.0 Å². The molecule has 25 heavy (non-hydrogen) atoms. The molecule has 1 aliphatic carbocycles. The molecule has 0 bridgehead atoms. The second kappa shape index (κ2) is 6.24. The Morgan fingerprint density at radius 3 is 2.80 bits per heavy atom. The van der Waals surface area contributed by atoms with Gasteiger partial charge in [0.15, 0.2) is 0 Å². The number of hydrogen-bond donors (Lipinski definition) is 2.